The number of carbonyl (C=O) groups excluding carboxylic acids is 2. The quantitative estimate of drug-likeness (QED) is 0.763. The molecule has 0 atom stereocenters. The van der Waals surface area contributed by atoms with Crippen molar-refractivity contribution in [3.8, 4) is 0 Å². The zero-order valence-electron chi connectivity index (χ0n) is 13.9. The number of hydrogen-bond donors (Lipinski definition) is 2. The standard InChI is InChI=1S/C18H17N5O2/c1-11(2)21-17(24)14-4-3-5-15(23-14)18(25)22-12-6-7-13-16(10-12)20-9-8-19-13/h3-11H,1-2H3,(H,21,24)(H,22,25). The summed E-state index contributed by atoms with van der Waals surface area (Å²) in [6.07, 6.45) is 3.20. The average Bonchev–Trinajstić information content (AvgIpc) is 2.61. The molecule has 126 valence electrons. The van der Waals surface area contributed by atoms with Crippen molar-refractivity contribution in [3.63, 3.8) is 0 Å². The van der Waals surface area contributed by atoms with Crippen LogP contribution >= 0.6 is 0 Å². The number of amides is 2. The number of nitrogens with zero attached hydrogens (tertiary/aromatic N) is 3. The fourth-order valence-electron chi connectivity index (χ4n) is 2.26. The van der Waals surface area contributed by atoms with Gasteiger partial charge in [-0.3, -0.25) is 19.6 Å². The summed E-state index contributed by atoms with van der Waals surface area (Å²) in [7, 11) is 0. The number of hydrogen-bond acceptors (Lipinski definition) is 5. The second-order valence-corrected chi connectivity index (χ2v) is 5.75. The van der Waals surface area contributed by atoms with Crippen molar-refractivity contribution in [2.24, 2.45) is 0 Å². The van der Waals surface area contributed by atoms with E-state index in [0.717, 1.165) is 5.52 Å². The van der Waals surface area contributed by atoms with Crippen LogP contribution in [0.2, 0.25) is 0 Å². The molecule has 3 aromatic rings. The maximum absolute atomic E-state index is 12.4. The van der Waals surface area contributed by atoms with Crippen molar-refractivity contribution in [1.29, 1.82) is 0 Å². The molecule has 25 heavy (non-hydrogen) atoms. The summed E-state index contributed by atoms with van der Waals surface area (Å²) in [6.45, 7) is 3.72. The molecule has 7 heteroatoms. The zero-order chi connectivity index (χ0) is 17.8. The van der Waals surface area contributed by atoms with Gasteiger partial charge in [0.1, 0.15) is 11.4 Å². The van der Waals surface area contributed by atoms with Crippen LogP contribution in [-0.4, -0.2) is 32.8 Å². The highest BCUT2D eigenvalue weighted by Crippen LogP contribution is 2.15. The lowest BCUT2D eigenvalue weighted by Crippen LogP contribution is -2.31. The number of benzene rings is 1. The van der Waals surface area contributed by atoms with E-state index in [-0.39, 0.29) is 23.3 Å². The van der Waals surface area contributed by atoms with E-state index >= 15 is 0 Å². The maximum atomic E-state index is 12.4. The predicted molar refractivity (Wildman–Crippen MR) is 94.3 cm³/mol. The number of nitrogens with one attached hydrogen (secondary N) is 2. The van der Waals surface area contributed by atoms with Crippen LogP contribution in [0.5, 0.6) is 0 Å². The molecule has 0 aliphatic heterocycles. The molecule has 0 spiro atoms. The highest BCUT2D eigenvalue weighted by atomic mass is 16.2. The van der Waals surface area contributed by atoms with Gasteiger partial charge in [0.2, 0.25) is 0 Å². The summed E-state index contributed by atoms with van der Waals surface area (Å²) in [4.78, 5) is 36.9. The Labute approximate surface area is 144 Å². The van der Waals surface area contributed by atoms with Crippen LogP contribution in [-0.2, 0) is 0 Å². The molecule has 7 nitrogen and oxygen atoms in total. The second-order valence-electron chi connectivity index (χ2n) is 5.75. The first-order valence-electron chi connectivity index (χ1n) is 7.83. The first-order chi connectivity index (χ1) is 12.0. The normalized spacial score (nSPS) is 10.7. The predicted octanol–water partition coefficient (Wildman–Crippen LogP) is 2.42. The molecule has 2 heterocycles. The summed E-state index contributed by atoms with van der Waals surface area (Å²) in [5.41, 5.74) is 2.36. The minimum atomic E-state index is -0.401. The molecule has 3 rings (SSSR count). The largest absolute Gasteiger partial charge is 0.349 e. The lowest BCUT2D eigenvalue weighted by atomic mass is 10.2. The Balaban J connectivity index is 1.79. The van der Waals surface area contributed by atoms with Gasteiger partial charge in [-0.05, 0) is 44.2 Å². The molecular weight excluding hydrogens is 318 g/mol. The van der Waals surface area contributed by atoms with Crippen molar-refractivity contribution in [1.82, 2.24) is 20.3 Å². The van der Waals surface area contributed by atoms with Crippen LogP contribution in [0.4, 0.5) is 5.69 Å². The van der Waals surface area contributed by atoms with Crippen molar-refractivity contribution >= 4 is 28.5 Å². The fourth-order valence-corrected chi connectivity index (χ4v) is 2.26. The molecule has 1 aromatic carbocycles. The molecule has 0 unspecified atom stereocenters. The van der Waals surface area contributed by atoms with Crippen LogP contribution in [0.3, 0.4) is 0 Å². The highest BCUT2D eigenvalue weighted by molar-refractivity contribution is 6.04. The third-order valence-corrected chi connectivity index (χ3v) is 3.36. The molecule has 2 amide bonds. The number of aromatic nitrogens is 3. The molecule has 0 fully saturated rings. The highest BCUT2D eigenvalue weighted by Gasteiger charge is 2.13. The van der Waals surface area contributed by atoms with Gasteiger partial charge in [0.25, 0.3) is 11.8 Å². The smallest absolute Gasteiger partial charge is 0.274 e. The van der Waals surface area contributed by atoms with Gasteiger partial charge in [-0.15, -0.1) is 0 Å². The molecular formula is C18H17N5O2. The summed E-state index contributed by atoms with van der Waals surface area (Å²) >= 11 is 0. The molecule has 0 radical (unpaired) electrons. The zero-order valence-corrected chi connectivity index (χ0v) is 13.9. The van der Waals surface area contributed by atoms with E-state index in [1.807, 2.05) is 13.8 Å². The Hall–Kier alpha value is -3.35. The summed E-state index contributed by atoms with van der Waals surface area (Å²) < 4.78 is 0. The van der Waals surface area contributed by atoms with Crippen molar-refractivity contribution in [2.45, 2.75) is 19.9 Å². The SMILES string of the molecule is CC(C)NC(=O)c1cccc(C(=O)Nc2ccc3nccnc3c2)n1. The minimum Gasteiger partial charge on any atom is -0.349 e. The molecule has 2 aromatic heterocycles. The first-order valence-corrected chi connectivity index (χ1v) is 7.83. The molecule has 2 N–H and O–H groups in total. The number of fused-ring (bicyclic) bond motifs is 1. The van der Waals surface area contributed by atoms with Crippen LogP contribution in [0.1, 0.15) is 34.8 Å². The van der Waals surface area contributed by atoms with Gasteiger partial charge < -0.3 is 10.6 Å². The number of anilines is 1. The molecule has 0 bridgehead atoms. The minimum absolute atomic E-state index is 0.00880. The van der Waals surface area contributed by atoms with Crippen LogP contribution in [0.25, 0.3) is 11.0 Å². The molecule has 0 saturated carbocycles. The monoisotopic (exact) mass is 335 g/mol. The van der Waals surface area contributed by atoms with Crippen LogP contribution < -0.4 is 10.6 Å². The Morgan fingerprint density at radius 2 is 1.60 bits per heavy atom. The summed E-state index contributed by atoms with van der Waals surface area (Å²) in [5.74, 6) is -0.715. The summed E-state index contributed by atoms with van der Waals surface area (Å²) in [5, 5.41) is 5.50. The molecule has 0 aliphatic carbocycles. The van der Waals surface area contributed by atoms with Crippen molar-refractivity contribution in [2.75, 3.05) is 5.32 Å². The Morgan fingerprint density at radius 1 is 0.920 bits per heavy atom. The van der Waals surface area contributed by atoms with Crippen LogP contribution in [0.15, 0.2) is 48.8 Å². The number of rotatable bonds is 4. The Kier molecular flexibility index (Phi) is 4.65. The third-order valence-electron chi connectivity index (χ3n) is 3.36. The van der Waals surface area contributed by atoms with Gasteiger partial charge in [-0.25, -0.2) is 4.98 Å². The van der Waals surface area contributed by atoms with Gasteiger partial charge in [0.05, 0.1) is 11.0 Å². The first kappa shape index (κ1) is 16.5. The van der Waals surface area contributed by atoms with Gasteiger partial charge in [-0.2, -0.15) is 0 Å². The third kappa shape index (κ3) is 3.95. The van der Waals surface area contributed by atoms with Gasteiger partial charge in [-0.1, -0.05) is 6.07 Å². The van der Waals surface area contributed by atoms with Crippen LogP contribution in [0, 0.1) is 0 Å². The summed E-state index contributed by atoms with van der Waals surface area (Å²) in [6, 6.07) is 9.99. The van der Waals surface area contributed by atoms with E-state index in [0.29, 0.717) is 11.2 Å². The lowest BCUT2D eigenvalue weighted by Gasteiger charge is -2.09. The van der Waals surface area contributed by atoms with E-state index in [4.69, 9.17) is 0 Å². The Bertz CT molecular complexity index is 939. The van der Waals surface area contributed by atoms with Gasteiger partial charge >= 0.3 is 0 Å². The van der Waals surface area contributed by atoms with E-state index in [1.54, 1.807) is 48.8 Å². The Morgan fingerprint density at radius 3 is 2.32 bits per heavy atom. The maximum Gasteiger partial charge on any atom is 0.274 e. The number of carbonyl (C=O) groups is 2. The van der Waals surface area contributed by atoms with Crippen molar-refractivity contribution in [3.05, 3.63) is 60.2 Å². The molecule has 0 aliphatic rings. The average molecular weight is 335 g/mol. The van der Waals surface area contributed by atoms with E-state index in [2.05, 4.69) is 25.6 Å². The van der Waals surface area contributed by atoms with Gasteiger partial charge in [0.15, 0.2) is 0 Å². The van der Waals surface area contributed by atoms with Gasteiger partial charge in [0, 0.05) is 24.1 Å². The lowest BCUT2D eigenvalue weighted by molar-refractivity contribution is 0.0938. The molecule has 0 saturated heterocycles. The number of pyridine rings is 1. The fraction of sp³-hybridized carbons (Fsp3) is 0.167. The van der Waals surface area contributed by atoms with Crippen molar-refractivity contribution < 1.29 is 9.59 Å². The van der Waals surface area contributed by atoms with E-state index in [9.17, 15) is 9.59 Å². The van der Waals surface area contributed by atoms with E-state index in [1.165, 1.54) is 0 Å². The second kappa shape index (κ2) is 7.04. The van der Waals surface area contributed by atoms with E-state index < -0.39 is 5.91 Å². The topological polar surface area (TPSA) is 96.9 Å².